The van der Waals surface area contributed by atoms with Crippen molar-refractivity contribution < 1.29 is 14.7 Å². The molecule has 4 rings (SSSR count). The number of aliphatic carboxylic acids is 1. The summed E-state index contributed by atoms with van der Waals surface area (Å²) in [5.41, 5.74) is 2.20. The van der Waals surface area contributed by atoms with E-state index in [-0.39, 0.29) is 11.8 Å². The number of amides is 1. The van der Waals surface area contributed by atoms with Crippen molar-refractivity contribution in [3.63, 3.8) is 0 Å². The number of fused-ring (bicyclic) bond motifs is 1. The van der Waals surface area contributed by atoms with Gasteiger partial charge in [0.2, 0.25) is 11.9 Å². The van der Waals surface area contributed by atoms with Crippen LogP contribution in [0.2, 0.25) is 0 Å². The van der Waals surface area contributed by atoms with Crippen LogP contribution in [0.3, 0.4) is 0 Å². The molecule has 1 atom stereocenters. The van der Waals surface area contributed by atoms with E-state index in [9.17, 15) is 14.7 Å². The number of carboxylic acids is 1. The molecule has 1 aromatic carbocycles. The minimum atomic E-state index is -0.882. The fourth-order valence-electron chi connectivity index (χ4n) is 4.08. The maximum absolute atomic E-state index is 12.3. The summed E-state index contributed by atoms with van der Waals surface area (Å²) in [5, 5.41) is 13.8. The Morgan fingerprint density at radius 1 is 1.12 bits per heavy atom. The summed E-state index contributed by atoms with van der Waals surface area (Å²) in [6.07, 6.45) is 6.01. The van der Waals surface area contributed by atoms with Gasteiger partial charge in [0.15, 0.2) is 0 Å². The number of carbonyl (C=O) groups is 2. The molecule has 0 unspecified atom stereocenters. The van der Waals surface area contributed by atoms with E-state index in [1.807, 2.05) is 36.9 Å². The van der Waals surface area contributed by atoms with Gasteiger partial charge in [0.25, 0.3) is 0 Å². The van der Waals surface area contributed by atoms with Gasteiger partial charge in [-0.3, -0.25) is 14.5 Å². The first-order chi connectivity index (χ1) is 15.4. The van der Waals surface area contributed by atoms with Crippen molar-refractivity contribution in [3.05, 3.63) is 48.4 Å². The summed E-state index contributed by atoms with van der Waals surface area (Å²) < 4.78 is 0. The van der Waals surface area contributed by atoms with E-state index in [0.29, 0.717) is 31.3 Å². The normalized spacial score (nSPS) is 16.2. The predicted octanol–water partition coefficient (Wildman–Crippen LogP) is 2.89. The first kappa shape index (κ1) is 21.8. The highest BCUT2D eigenvalue weighted by atomic mass is 16.4. The van der Waals surface area contributed by atoms with E-state index in [1.165, 1.54) is 0 Å². The minimum absolute atomic E-state index is 0.0592. The fraction of sp³-hybridized carbons (Fsp3) is 0.391. The number of nitrogens with zero attached hydrogens (tertiary/aromatic N) is 4. The lowest BCUT2D eigenvalue weighted by Crippen LogP contribution is -2.37. The number of benzene rings is 1. The van der Waals surface area contributed by atoms with Crippen LogP contribution < -0.4 is 10.2 Å². The van der Waals surface area contributed by atoms with Crippen LogP contribution >= 0.6 is 0 Å². The number of nitrogens with one attached hydrogen (secondary N) is 2. The number of hydrogen-bond donors (Lipinski definition) is 3. The Bertz CT molecular complexity index is 1100. The molecular weight excluding hydrogens is 408 g/mol. The standard InChI is InChI=1S/C23H28N6O3/c1-15(2)21(30)27-16-5-6-17-18(14-26-19(17)13-16)20(22(31)32)28-9-4-10-29(12-11-28)23-24-7-3-8-25-23/h3,5-8,13-15,20,26H,4,9-12H2,1-2H3,(H,27,30)(H,31,32)/t20-/m1/s1. The Hall–Kier alpha value is -3.46. The number of aromatic nitrogens is 3. The van der Waals surface area contributed by atoms with E-state index in [4.69, 9.17) is 0 Å². The molecule has 32 heavy (non-hydrogen) atoms. The largest absolute Gasteiger partial charge is 0.480 e. The van der Waals surface area contributed by atoms with Gasteiger partial charge < -0.3 is 20.3 Å². The van der Waals surface area contributed by atoms with Crippen LogP contribution in [-0.2, 0) is 9.59 Å². The maximum atomic E-state index is 12.3. The van der Waals surface area contributed by atoms with Crippen molar-refractivity contribution in [1.82, 2.24) is 19.9 Å². The molecule has 1 fully saturated rings. The van der Waals surface area contributed by atoms with Crippen LogP contribution in [0.1, 0.15) is 31.9 Å². The van der Waals surface area contributed by atoms with Crippen LogP contribution in [-0.4, -0.2) is 63.0 Å². The highest BCUT2D eigenvalue weighted by Gasteiger charge is 2.31. The van der Waals surface area contributed by atoms with E-state index >= 15 is 0 Å². The quantitative estimate of drug-likeness (QED) is 0.544. The lowest BCUT2D eigenvalue weighted by atomic mass is 10.0. The zero-order valence-corrected chi connectivity index (χ0v) is 18.3. The molecule has 3 heterocycles. The first-order valence-corrected chi connectivity index (χ1v) is 10.8. The van der Waals surface area contributed by atoms with Gasteiger partial charge in [-0.2, -0.15) is 0 Å². The second kappa shape index (κ2) is 9.35. The topological polar surface area (TPSA) is 114 Å². The summed E-state index contributed by atoms with van der Waals surface area (Å²) >= 11 is 0. The summed E-state index contributed by atoms with van der Waals surface area (Å²) in [6.45, 7) is 6.36. The molecule has 1 aliphatic heterocycles. The molecule has 0 spiro atoms. The second-order valence-corrected chi connectivity index (χ2v) is 8.31. The molecule has 0 aliphatic carbocycles. The zero-order chi connectivity index (χ0) is 22.7. The summed E-state index contributed by atoms with van der Waals surface area (Å²) in [5.74, 6) is -0.391. The van der Waals surface area contributed by atoms with E-state index in [1.54, 1.807) is 24.7 Å². The van der Waals surface area contributed by atoms with Crippen molar-refractivity contribution >= 4 is 34.4 Å². The second-order valence-electron chi connectivity index (χ2n) is 8.31. The Balaban J connectivity index is 1.56. The van der Waals surface area contributed by atoms with Crippen molar-refractivity contribution in [2.24, 2.45) is 5.92 Å². The molecule has 1 amide bonds. The van der Waals surface area contributed by atoms with E-state index in [0.717, 1.165) is 29.4 Å². The average molecular weight is 437 g/mol. The summed E-state index contributed by atoms with van der Waals surface area (Å²) in [7, 11) is 0. The number of anilines is 2. The number of H-pyrrole nitrogens is 1. The lowest BCUT2D eigenvalue weighted by Gasteiger charge is -2.27. The zero-order valence-electron chi connectivity index (χ0n) is 18.3. The fourth-order valence-corrected chi connectivity index (χ4v) is 4.08. The smallest absolute Gasteiger partial charge is 0.325 e. The third-order valence-corrected chi connectivity index (χ3v) is 5.76. The van der Waals surface area contributed by atoms with Gasteiger partial charge in [-0.15, -0.1) is 0 Å². The molecular formula is C23H28N6O3. The first-order valence-electron chi connectivity index (χ1n) is 10.8. The molecule has 9 heteroatoms. The van der Waals surface area contributed by atoms with Crippen LogP contribution in [0, 0.1) is 5.92 Å². The molecule has 0 saturated carbocycles. The Morgan fingerprint density at radius 2 is 1.91 bits per heavy atom. The van der Waals surface area contributed by atoms with Gasteiger partial charge >= 0.3 is 5.97 Å². The molecule has 1 aliphatic rings. The highest BCUT2D eigenvalue weighted by molar-refractivity contribution is 5.96. The van der Waals surface area contributed by atoms with Crippen LogP contribution in [0.4, 0.5) is 11.6 Å². The van der Waals surface area contributed by atoms with Gasteiger partial charge in [0.05, 0.1) is 0 Å². The number of hydrogen-bond acceptors (Lipinski definition) is 6. The molecule has 168 valence electrons. The molecule has 2 aromatic heterocycles. The van der Waals surface area contributed by atoms with E-state index < -0.39 is 12.0 Å². The number of aromatic amines is 1. The van der Waals surface area contributed by atoms with Gasteiger partial charge in [-0.25, -0.2) is 9.97 Å². The molecule has 3 N–H and O–H groups in total. The minimum Gasteiger partial charge on any atom is -0.480 e. The molecule has 0 radical (unpaired) electrons. The third-order valence-electron chi connectivity index (χ3n) is 5.76. The highest BCUT2D eigenvalue weighted by Crippen LogP contribution is 2.31. The molecule has 1 saturated heterocycles. The van der Waals surface area contributed by atoms with Crippen molar-refractivity contribution in [2.45, 2.75) is 26.3 Å². The third kappa shape index (κ3) is 4.57. The summed E-state index contributed by atoms with van der Waals surface area (Å²) in [6, 6.07) is 6.54. The Morgan fingerprint density at radius 3 is 2.62 bits per heavy atom. The van der Waals surface area contributed by atoms with Gasteiger partial charge in [0, 0.05) is 72.8 Å². The Labute approximate surface area is 186 Å². The summed E-state index contributed by atoms with van der Waals surface area (Å²) in [4.78, 5) is 40.3. The van der Waals surface area contributed by atoms with E-state index in [2.05, 4.69) is 25.2 Å². The van der Waals surface area contributed by atoms with Crippen molar-refractivity contribution in [3.8, 4) is 0 Å². The van der Waals surface area contributed by atoms with Crippen molar-refractivity contribution in [1.29, 1.82) is 0 Å². The van der Waals surface area contributed by atoms with Crippen LogP contribution in [0.15, 0.2) is 42.9 Å². The number of rotatable bonds is 6. The predicted molar refractivity (Wildman–Crippen MR) is 123 cm³/mol. The average Bonchev–Trinajstić information content (AvgIpc) is 3.02. The Kier molecular flexibility index (Phi) is 6.36. The van der Waals surface area contributed by atoms with Gasteiger partial charge in [0.1, 0.15) is 6.04 Å². The molecule has 3 aromatic rings. The van der Waals surface area contributed by atoms with Crippen LogP contribution in [0.5, 0.6) is 0 Å². The molecule has 0 bridgehead atoms. The number of carbonyl (C=O) groups excluding carboxylic acids is 1. The van der Waals surface area contributed by atoms with Crippen molar-refractivity contribution in [2.75, 3.05) is 36.4 Å². The number of carboxylic acid groups (broad SMARTS) is 1. The van der Waals surface area contributed by atoms with Gasteiger partial charge in [-0.1, -0.05) is 19.9 Å². The molecule has 9 nitrogen and oxygen atoms in total. The maximum Gasteiger partial charge on any atom is 0.325 e. The SMILES string of the molecule is CC(C)C(=O)Nc1ccc2c([C@H](C(=O)O)N3CCCN(c4ncccn4)CC3)c[nH]c2c1. The van der Waals surface area contributed by atoms with Crippen LogP contribution in [0.25, 0.3) is 10.9 Å². The lowest BCUT2D eigenvalue weighted by molar-refractivity contribution is -0.143. The van der Waals surface area contributed by atoms with Gasteiger partial charge in [-0.05, 0) is 24.6 Å². The monoisotopic (exact) mass is 436 g/mol.